The van der Waals surface area contributed by atoms with Crippen molar-refractivity contribution in [1.29, 1.82) is 0 Å². The van der Waals surface area contributed by atoms with Gasteiger partial charge in [-0.3, -0.25) is 9.69 Å². The highest BCUT2D eigenvalue weighted by atomic mass is 79.9. The average molecular weight is 445 g/mol. The molecule has 2 aromatic carbocycles. The third kappa shape index (κ3) is 6.35. The molecule has 0 aromatic heterocycles. The number of nitrogens with zero attached hydrogens (tertiary/aromatic N) is 1. The van der Waals surface area contributed by atoms with E-state index in [2.05, 4.69) is 36.8 Å². The maximum atomic E-state index is 12.4. The third-order valence-corrected chi connectivity index (χ3v) is 5.28. The Morgan fingerprint density at radius 2 is 1.68 bits per heavy atom. The summed E-state index contributed by atoms with van der Waals surface area (Å²) in [6.45, 7) is 1.70. The minimum atomic E-state index is -0.226. The number of nitrogens with one attached hydrogen (secondary N) is 3. The van der Waals surface area contributed by atoms with Crippen molar-refractivity contribution in [2.24, 2.45) is 0 Å². The molecule has 1 aliphatic heterocycles. The van der Waals surface area contributed by atoms with Crippen LogP contribution in [0.1, 0.15) is 19.3 Å². The highest BCUT2D eigenvalue weighted by Crippen LogP contribution is 2.18. The van der Waals surface area contributed by atoms with E-state index in [1.54, 1.807) is 0 Å². The molecule has 6 nitrogen and oxygen atoms in total. The van der Waals surface area contributed by atoms with Gasteiger partial charge in [0.15, 0.2) is 0 Å². The number of benzene rings is 2. The van der Waals surface area contributed by atoms with Gasteiger partial charge in [0, 0.05) is 28.4 Å². The lowest BCUT2D eigenvalue weighted by molar-refractivity contribution is -0.118. The maximum Gasteiger partial charge on any atom is 0.319 e. The van der Waals surface area contributed by atoms with Crippen LogP contribution >= 0.6 is 15.9 Å². The minimum Gasteiger partial charge on any atom is -0.336 e. The van der Waals surface area contributed by atoms with Crippen molar-refractivity contribution in [2.75, 3.05) is 30.3 Å². The lowest BCUT2D eigenvalue weighted by Gasteiger charge is -2.35. The number of hydrogen-bond donors (Lipinski definition) is 3. The summed E-state index contributed by atoms with van der Waals surface area (Å²) in [5.41, 5.74) is 1.54. The van der Waals surface area contributed by atoms with Gasteiger partial charge in [-0.1, -0.05) is 40.5 Å². The molecule has 0 saturated carbocycles. The summed E-state index contributed by atoms with van der Waals surface area (Å²) in [4.78, 5) is 26.7. The Bertz CT molecular complexity index is 783. The van der Waals surface area contributed by atoms with Crippen LogP contribution in [0.4, 0.5) is 16.2 Å². The molecule has 1 heterocycles. The number of likely N-dealkylation sites (tertiary alicyclic amines) is 1. The van der Waals surface area contributed by atoms with Crippen LogP contribution in [0.2, 0.25) is 0 Å². The average Bonchev–Trinajstić information content (AvgIpc) is 2.70. The number of para-hydroxylation sites is 1. The molecule has 1 unspecified atom stereocenters. The highest BCUT2D eigenvalue weighted by Gasteiger charge is 2.24. The van der Waals surface area contributed by atoms with Crippen molar-refractivity contribution in [1.82, 2.24) is 10.2 Å². The lowest BCUT2D eigenvalue weighted by atomic mass is 10.0. The maximum absolute atomic E-state index is 12.4. The van der Waals surface area contributed by atoms with Gasteiger partial charge < -0.3 is 16.0 Å². The summed E-state index contributed by atoms with van der Waals surface area (Å²) in [7, 11) is 0. The van der Waals surface area contributed by atoms with Crippen molar-refractivity contribution >= 4 is 39.2 Å². The number of rotatable bonds is 6. The van der Waals surface area contributed by atoms with Crippen molar-refractivity contribution in [3.63, 3.8) is 0 Å². The molecule has 148 valence electrons. The predicted molar refractivity (Wildman–Crippen MR) is 115 cm³/mol. The van der Waals surface area contributed by atoms with E-state index in [1.165, 1.54) is 0 Å². The summed E-state index contributed by atoms with van der Waals surface area (Å²) < 4.78 is 0.974. The Labute approximate surface area is 173 Å². The van der Waals surface area contributed by atoms with E-state index in [0.717, 1.165) is 41.7 Å². The zero-order valence-electron chi connectivity index (χ0n) is 15.7. The van der Waals surface area contributed by atoms with Gasteiger partial charge in [-0.2, -0.15) is 0 Å². The predicted octanol–water partition coefficient (Wildman–Crippen LogP) is 4.06. The molecule has 1 aliphatic rings. The Hall–Kier alpha value is -2.38. The number of piperidine rings is 1. The fraction of sp³-hybridized carbons (Fsp3) is 0.333. The van der Waals surface area contributed by atoms with Crippen molar-refractivity contribution < 1.29 is 9.59 Å². The fourth-order valence-electron chi connectivity index (χ4n) is 3.32. The van der Waals surface area contributed by atoms with E-state index in [0.29, 0.717) is 13.1 Å². The topological polar surface area (TPSA) is 73.5 Å². The molecule has 3 amide bonds. The van der Waals surface area contributed by atoms with Gasteiger partial charge >= 0.3 is 6.03 Å². The zero-order chi connectivity index (χ0) is 19.8. The van der Waals surface area contributed by atoms with Gasteiger partial charge in [0.05, 0.1) is 6.54 Å². The summed E-state index contributed by atoms with van der Waals surface area (Å²) in [5, 5.41) is 8.69. The largest absolute Gasteiger partial charge is 0.336 e. The van der Waals surface area contributed by atoms with Gasteiger partial charge in [-0.15, -0.1) is 0 Å². The Morgan fingerprint density at radius 3 is 2.43 bits per heavy atom. The molecule has 3 rings (SSSR count). The Balaban J connectivity index is 1.48. The summed E-state index contributed by atoms with van der Waals surface area (Å²) in [6.07, 6.45) is 3.15. The van der Waals surface area contributed by atoms with E-state index >= 15 is 0 Å². The smallest absolute Gasteiger partial charge is 0.319 e. The second-order valence-electron chi connectivity index (χ2n) is 6.88. The van der Waals surface area contributed by atoms with E-state index < -0.39 is 0 Å². The molecule has 7 heteroatoms. The quantitative estimate of drug-likeness (QED) is 0.628. The summed E-state index contributed by atoms with van der Waals surface area (Å²) in [6, 6.07) is 16.8. The minimum absolute atomic E-state index is 0.0389. The zero-order valence-corrected chi connectivity index (χ0v) is 17.2. The van der Waals surface area contributed by atoms with E-state index in [-0.39, 0.29) is 18.0 Å². The SMILES string of the molecule is O=C(CN1CCCCC1CNC(=O)Nc1ccccc1)Nc1ccc(Br)cc1. The number of anilines is 2. The number of urea groups is 1. The molecular formula is C21H25BrN4O2. The monoisotopic (exact) mass is 444 g/mol. The molecule has 1 fully saturated rings. The van der Waals surface area contributed by atoms with E-state index in [9.17, 15) is 9.59 Å². The molecule has 0 radical (unpaired) electrons. The number of halogens is 1. The molecule has 0 bridgehead atoms. The first-order valence-corrected chi connectivity index (χ1v) is 10.3. The first kappa shape index (κ1) is 20.4. The highest BCUT2D eigenvalue weighted by molar-refractivity contribution is 9.10. The standard InChI is InChI=1S/C21H25BrN4O2/c22-16-9-11-18(12-10-16)24-20(27)15-26-13-5-4-8-19(26)14-23-21(28)25-17-6-2-1-3-7-17/h1-3,6-7,9-12,19H,4-5,8,13-15H2,(H,24,27)(H2,23,25,28). The van der Waals surface area contributed by atoms with Gasteiger partial charge in [-0.05, 0) is 55.8 Å². The van der Waals surface area contributed by atoms with E-state index in [4.69, 9.17) is 0 Å². The summed E-state index contributed by atoms with van der Waals surface area (Å²) >= 11 is 3.39. The first-order chi connectivity index (χ1) is 13.6. The molecule has 0 aliphatic carbocycles. The van der Waals surface area contributed by atoms with Crippen molar-refractivity contribution in [2.45, 2.75) is 25.3 Å². The van der Waals surface area contributed by atoms with Gasteiger partial charge in [0.1, 0.15) is 0 Å². The van der Waals surface area contributed by atoms with Crippen LogP contribution in [-0.4, -0.2) is 42.5 Å². The number of carbonyl (C=O) groups excluding carboxylic acids is 2. The van der Waals surface area contributed by atoms with Gasteiger partial charge in [-0.25, -0.2) is 4.79 Å². The van der Waals surface area contributed by atoms with Crippen molar-refractivity contribution in [3.8, 4) is 0 Å². The first-order valence-electron chi connectivity index (χ1n) is 9.49. The van der Waals surface area contributed by atoms with Crippen LogP contribution in [0.3, 0.4) is 0 Å². The summed E-state index contributed by atoms with van der Waals surface area (Å²) in [5.74, 6) is -0.0389. The van der Waals surface area contributed by atoms with Crippen LogP contribution in [0.5, 0.6) is 0 Å². The van der Waals surface area contributed by atoms with Crippen LogP contribution in [0.25, 0.3) is 0 Å². The molecule has 3 N–H and O–H groups in total. The lowest BCUT2D eigenvalue weighted by Crippen LogP contribution is -2.49. The van der Waals surface area contributed by atoms with Crippen LogP contribution in [0.15, 0.2) is 59.1 Å². The molecule has 1 saturated heterocycles. The Kier molecular flexibility index (Phi) is 7.45. The van der Waals surface area contributed by atoms with Crippen LogP contribution < -0.4 is 16.0 Å². The van der Waals surface area contributed by atoms with E-state index in [1.807, 2.05) is 54.6 Å². The second-order valence-corrected chi connectivity index (χ2v) is 7.79. The second kappa shape index (κ2) is 10.2. The van der Waals surface area contributed by atoms with Crippen LogP contribution in [-0.2, 0) is 4.79 Å². The molecule has 0 spiro atoms. The molecule has 28 heavy (non-hydrogen) atoms. The number of carbonyl (C=O) groups is 2. The fourth-order valence-corrected chi connectivity index (χ4v) is 3.59. The number of hydrogen-bond acceptors (Lipinski definition) is 3. The Morgan fingerprint density at radius 1 is 0.964 bits per heavy atom. The molecular weight excluding hydrogens is 420 g/mol. The number of amides is 3. The van der Waals surface area contributed by atoms with Crippen molar-refractivity contribution in [3.05, 3.63) is 59.1 Å². The normalized spacial score (nSPS) is 17.0. The van der Waals surface area contributed by atoms with Crippen LogP contribution in [0, 0.1) is 0 Å². The third-order valence-electron chi connectivity index (χ3n) is 4.75. The molecule has 2 aromatic rings. The van der Waals surface area contributed by atoms with Gasteiger partial charge in [0.25, 0.3) is 0 Å². The molecule has 1 atom stereocenters. The van der Waals surface area contributed by atoms with Gasteiger partial charge in [0.2, 0.25) is 5.91 Å².